The van der Waals surface area contributed by atoms with Gasteiger partial charge in [-0.2, -0.15) is 0 Å². The molecule has 2 N–H and O–H groups in total. The third-order valence-corrected chi connectivity index (χ3v) is 1.92. The number of rotatable bonds is 5. The van der Waals surface area contributed by atoms with E-state index in [4.69, 9.17) is 15.2 Å². The zero-order chi connectivity index (χ0) is 12.1. The molecule has 1 amide bonds. The minimum absolute atomic E-state index is 0.388. The quantitative estimate of drug-likeness (QED) is 0.770. The first kappa shape index (κ1) is 12.1. The summed E-state index contributed by atoms with van der Waals surface area (Å²) >= 11 is 0. The summed E-state index contributed by atoms with van der Waals surface area (Å²) in [6.07, 6.45) is 0. The van der Waals surface area contributed by atoms with E-state index in [2.05, 4.69) is 6.58 Å². The molecule has 0 aliphatic rings. The predicted molar refractivity (Wildman–Crippen MR) is 61.8 cm³/mol. The Morgan fingerprint density at radius 2 is 2.12 bits per heavy atom. The smallest absolute Gasteiger partial charge is 0.248 e. The molecule has 0 atom stereocenters. The fourth-order valence-electron chi connectivity index (χ4n) is 1.14. The number of hydrogen-bond acceptors (Lipinski definition) is 3. The topological polar surface area (TPSA) is 61.5 Å². The molecule has 0 aliphatic heterocycles. The monoisotopic (exact) mass is 221 g/mol. The van der Waals surface area contributed by atoms with Crippen molar-refractivity contribution in [3.05, 3.63) is 35.9 Å². The number of benzene rings is 1. The highest BCUT2D eigenvalue weighted by molar-refractivity contribution is 5.93. The maximum absolute atomic E-state index is 11.0. The van der Waals surface area contributed by atoms with Crippen molar-refractivity contribution in [3.63, 3.8) is 0 Å². The summed E-state index contributed by atoms with van der Waals surface area (Å²) in [6, 6.07) is 4.80. The number of ether oxygens (including phenoxy) is 2. The second-order valence-electron chi connectivity index (χ2n) is 3.48. The van der Waals surface area contributed by atoms with Gasteiger partial charge < -0.3 is 15.2 Å². The molecular weight excluding hydrogens is 206 g/mol. The fourth-order valence-corrected chi connectivity index (χ4v) is 1.14. The van der Waals surface area contributed by atoms with Crippen LogP contribution in [0.25, 0.3) is 0 Å². The zero-order valence-electron chi connectivity index (χ0n) is 9.45. The van der Waals surface area contributed by atoms with Crippen molar-refractivity contribution in [1.29, 1.82) is 0 Å². The Hall–Kier alpha value is -1.97. The normalized spacial score (nSPS) is 9.62. The Kier molecular flexibility index (Phi) is 3.94. The highest BCUT2D eigenvalue weighted by atomic mass is 16.5. The molecule has 0 spiro atoms. The number of carbonyl (C=O) groups excluding carboxylic acids is 1. The molecular formula is C12H15NO3. The maximum Gasteiger partial charge on any atom is 0.248 e. The van der Waals surface area contributed by atoms with E-state index >= 15 is 0 Å². The second-order valence-corrected chi connectivity index (χ2v) is 3.48. The summed E-state index contributed by atoms with van der Waals surface area (Å²) in [5, 5.41) is 0. The van der Waals surface area contributed by atoms with Gasteiger partial charge >= 0.3 is 0 Å². The highest BCUT2D eigenvalue weighted by Gasteiger charge is 2.08. The molecule has 4 heteroatoms. The molecule has 0 aromatic heterocycles. The molecule has 0 unspecified atom stereocenters. The van der Waals surface area contributed by atoms with E-state index in [1.807, 2.05) is 6.92 Å². The van der Waals surface area contributed by atoms with Gasteiger partial charge in [-0.15, -0.1) is 0 Å². The number of nitrogens with two attached hydrogens (primary N) is 1. The summed E-state index contributed by atoms with van der Waals surface area (Å²) in [6.45, 7) is 6.01. The van der Waals surface area contributed by atoms with Crippen molar-refractivity contribution in [2.75, 3.05) is 13.7 Å². The van der Waals surface area contributed by atoms with Crippen LogP contribution >= 0.6 is 0 Å². The van der Waals surface area contributed by atoms with E-state index in [0.717, 1.165) is 5.57 Å². The Bertz CT molecular complexity index is 413. The van der Waals surface area contributed by atoms with Gasteiger partial charge in [0.1, 0.15) is 6.61 Å². The molecule has 0 bridgehead atoms. The summed E-state index contributed by atoms with van der Waals surface area (Å²) < 4.78 is 10.6. The molecule has 1 aromatic carbocycles. The van der Waals surface area contributed by atoms with E-state index in [0.29, 0.717) is 23.7 Å². The van der Waals surface area contributed by atoms with Gasteiger partial charge in [-0.3, -0.25) is 4.79 Å². The fraction of sp³-hybridized carbons (Fsp3) is 0.250. The Labute approximate surface area is 94.7 Å². The van der Waals surface area contributed by atoms with Crippen LogP contribution in [0, 0.1) is 0 Å². The summed E-state index contributed by atoms with van der Waals surface area (Å²) in [5.74, 6) is 0.554. The lowest BCUT2D eigenvalue weighted by atomic mass is 10.2. The number of hydrogen-bond donors (Lipinski definition) is 1. The van der Waals surface area contributed by atoms with Crippen LogP contribution in [0.3, 0.4) is 0 Å². The van der Waals surface area contributed by atoms with Crippen LogP contribution < -0.4 is 15.2 Å². The van der Waals surface area contributed by atoms with Crippen LogP contribution in [-0.4, -0.2) is 19.6 Å². The largest absolute Gasteiger partial charge is 0.493 e. The van der Waals surface area contributed by atoms with Gasteiger partial charge in [0.15, 0.2) is 11.5 Å². The highest BCUT2D eigenvalue weighted by Crippen LogP contribution is 2.28. The van der Waals surface area contributed by atoms with Gasteiger partial charge in [-0.1, -0.05) is 6.58 Å². The Morgan fingerprint density at radius 3 is 2.62 bits per heavy atom. The standard InChI is InChI=1S/C12H15NO3/c1-8(2)7-16-10-5-4-9(12(13)14)6-11(10)15-3/h4-6H,1,7H2,2-3H3,(H2,13,14). The molecule has 0 saturated carbocycles. The van der Waals surface area contributed by atoms with Crippen LogP contribution in [0.2, 0.25) is 0 Å². The van der Waals surface area contributed by atoms with Crippen molar-refractivity contribution in [1.82, 2.24) is 0 Å². The first-order valence-electron chi connectivity index (χ1n) is 4.79. The number of carbonyl (C=O) groups is 1. The van der Waals surface area contributed by atoms with Gasteiger partial charge in [0.05, 0.1) is 7.11 Å². The van der Waals surface area contributed by atoms with Gasteiger partial charge in [0.25, 0.3) is 0 Å². The Balaban J connectivity index is 2.93. The van der Waals surface area contributed by atoms with Crippen LogP contribution in [-0.2, 0) is 0 Å². The van der Waals surface area contributed by atoms with Crippen LogP contribution in [0.1, 0.15) is 17.3 Å². The van der Waals surface area contributed by atoms with E-state index in [1.165, 1.54) is 7.11 Å². The molecule has 1 aromatic rings. The van der Waals surface area contributed by atoms with Crippen LogP contribution in [0.5, 0.6) is 11.5 Å². The van der Waals surface area contributed by atoms with Crippen molar-refractivity contribution in [2.45, 2.75) is 6.92 Å². The summed E-state index contributed by atoms with van der Waals surface area (Å²) in [4.78, 5) is 11.0. The van der Waals surface area contributed by atoms with E-state index in [-0.39, 0.29) is 0 Å². The van der Waals surface area contributed by atoms with E-state index in [1.54, 1.807) is 18.2 Å². The number of methoxy groups -OCH3 is 1. The van der Waals surface area contributed by atoms with Crippen LogP contribution in [0.4, 0.5) is 0 Å². The minimum Gasteiger partial charge on any atom is -0.493 e. The van der Waals surface area contributed by atoms with Crippen LogP contribution in [0.15, 0.2) is 30.4 Å². The number of amides is 1. The molecule has 0 fully saturated rings. The molecule has 16 heavy (non-hydrogen) atoms. The average molecular weight is 221 g/mol. The van der Waals surface area contributed by atoms with Gasteiger partial charge in [-0.05, 0) is 30.7 Å². The van der Waals surface area contributed by atoms with Crippen molar-refractivity contribution in [2.24, 2.45) is 5.73 Å². The van der Waals surface area contributed by atoms with E-state index in [9.17, 15) is 4.79 Å². The number of primary amides is 1. The lowest BCUT2D eigenvalue weighted by Gasteiger charge is -2.11. The maximum atomic E-state index is 11.0. The van der Waals surface area contributed by atoms with Gasteiger partial charge in [-0.25, -0.2) is 0 Å². The first-order valence-corrected chi connectivity index (χ1v) is 4.79. The molecule has 86 valence electrons. The zero-order valence-corrected chi connectivity index (χ0v) is 9.45. The summed E-state index contributed by atoms with van der Waals surface area (Å²) in [5.41, 5.74) is 6.45. The molecule has 0 saturated heterocycles. The van der Waals surface area contributed by atoms with Gasteiger partial charge in [0, 0.05) is 5.56 Å². The van der Waals surface area contributed by atoms with Gasteiger partial charge in [0.2, 0.25) is 5.91 Å². The lowest BCUT2D eigenvalue weighted by Crippen LogP contribution is -2.11. The average Bonchev–Trinajstić information content (AvgIpc) is 2.25. The molecule has 1 rings (SSSR count). The lowest BCUT2D eigenvalue weighted by molar-refractivity contribution is 0.1000. The predicted octanol–water partition coefficient (Wildman–Crippen LogP) is 1.75. The second kappa shape index (κ2) is 5.21. The minimum atomic E-state index is -0.496. The molecule has 0 aliphatic carbocycles. The summed E-state index contributed by atoms with van der Waals surface area (Å²) in [7, 11) is 1.51. The third-order valence-electron chi connectivity index (χ3n) is 1.92. The molecule has 0 radical (unpaired) electrons. The molecule has 4 nitrogen and oxygen atoms in total. The molecule has 0 heterocycles. The SMILES string of the molecule is C=C(C)COc1ccc(C(N)=O)cc1OC. The first-order chi connectivity index (χ1) is 7.54. The van der Waals surface area contributed by atoms with Crippen molar-refractivity contribution >= 4 is 5.91 Å². The Morgan fingerprint density at radius 1 is 1.44 bits per heavy atom. The van der Waals surface area contributed by atoms with Crippen molar-refractivity contribution < 1.29 is 14.3 Å². The third kappa shape index (κ3) is 3.02. The van der Waals surface area contributed by atoms with E-state index < -0.39 is 5.91 Å². The van der Waals surface area contributed by atoms with Crippen molar-refractivity contribution in [3.8, 4) is 11.5 Å².